The van der Waals surface area contributed by atoms with Crippen molar-refractivity contribution in [3.05, 3.63) is 102 Å². The lowest BCUT2D eigenvalue weighted by molar-refractivity contribution is -0.122. The van der Waals surface area contributed by atoms with Crippen molar-refractivity contribution in [3.8, 4) is 5.75 Å². The molecule has 1 aromatic carbocycles. The maximum atomic E-state index is 14.2. The molecule has 1 atom stereocenters. The standard InChI is InChI=1S/C31H30N6O5S/c1-41-31(40)24-18-26(36-14-3-2-4-25(24)36)28(29(38)33-19-21-5-6-21)37(30(39)27-11-12-34-43-27)22-7-9-23(10-8-22)42-17-16-35-15-13-32-20-35/h2-4,7-15,18,20-21,28H,5-6,16-17,19H2,1H3,(H,33,38). The van der Waals surface area contributed by atoms with Gasteiger partial charge in [-0.3, -0.25) is 14.5 Å². The summed E-state index contributed by atoms with van der Waals surface area (Å²) < 4.78 is 18.8. The summed E-state index contributed by atoms with van der Waals surface area (Å²) >= 11 is 1.05. The number of ether oxygens (including phenoxy) is 2. The van der Waals surface area contributed by atoms with Gasteiger partial charge in [0.2, 0.25) is 5.91 Å². The molecule has 1 N–H and O–H groups in total. The number of hydrogen-bond acceptors (Lipinski definition) is 8. The van der Waals surface area contributed by atoms with Gasteiger partial charge in [-0.1, -0.05) is 6.07 Å². The van der Waals surface area contributed by atoms with E-state index in [1.807, 2.05) is 16.8 Å². The number of fused-ring (bicyclic) bond motifs is 1. The van der Waals surface area contributed by atoms with Crippen molar-refractivity contribution in [2.75, 3.05) is 25.2 Å². The van der Waals surface area contributed by atoms with Crippen molar-refractivity contribution in [3.63, 3.8) is 0 Å². The summed E-state index contributed by atoms with van der Waals surface area (Å²) in [5.41, 5.74) is 1.79. The maximum Gasteiger partial charge on any atom is 0.340 e. The van der Waals surface area contributed by atoms with Crippen LogP contribution in [-0.4, -0.2) is 56.4 Å². The topological polar surface area (TPSA) is 120 Å². The van der Waals surface area contributed by atoms with Crippen LogP contribution in [0.25, 0.3) is 5.52 Å². The molecular formula is C31H30N6O5S. The van der Waals surface area contributed by atoms with E-state index in [1.54, 1.807) is 77.8 Å². The van der Waals surface area contributed by atoms with E-state index < -0.39 is 17.9 Å². The Labute approximate surface area is 251 Å². The number of aromatic nitrogens is 4. The Bertz CT molecular complexity index is 1710. The van der Waals surface area contributed by atoms with Crippen LogP contribution in [0.15, 0.2) is 85.7 Å². The number of nitrogens with one attached hydrogen (secondary N) is 1. The average molecular weight is 599 g/mol. The van der Waals surface area contributed by atoms with Crippen molar-refractivity contribution in [2.24, 2.45) is 5.92 Å². The highest BCUT2D eigenvalue weighted by molar-refractivity contribution is 7.08. The minimum Gasteiger partial charge on any atom is -0.492 e. The van der Waals surface area contributed by atoms with E-state index in [2.05, 4.69) is 14.7 Å². The number of imidazole rings is 1. The Balaban J connectivity index is 1.41. The van der Waals surface area contributed by atoms with Gasteiger partial charge in [0, 0.05) is 37.0 Å². The molecule has 1 aliphatic carbocycles. The number of nitrogens with zero attached hydrogens (tertiary/aromatic N) is 5. The lowest BCUT2D eigenvalue weighted by atomic mass is 10.1. The van der Waals surface area contributed by atoms with Gasteiger partial charge in [0.05, 0.1) is 36.8 Å². The number of rotatable bonds is 12. The molecule has 0 aliphatic heterocycles. The molecule has 0 saturated heterocycles. The average Bonchev–Trinajstić information content (AvgIpc) is 3.39. The molecule has 5 aromatic rings. The first-order valence-electron chi connectivity index (χ1n) is 13.9. The van der Waals surface area contributed by atoms with Crippen LogP contribution in [0, 0.1) is 5.92 Å². The molecule has 0 spiro atoms. The first-order chi connectivity index (χ1) is 21.0. The molecular weight excluding hydrogens is 568 g/mol. The Morgan fingerprint density at radius 3 is 2.63 bits per heavy atom. The number of hydrogen-bond donors (Lipinski definition) is 1. The van der Waals surface area contributed by atoms with Crippen LogP contribution in [0.4, 0.5) is 5.69 Å². The van der Waals surface area contributed by atoms with Gasteiger partial charge in [-0.05, 0) is 78.8 Å². The molecule has 0 bridgehead atoms. The van der Waals surface area contributed by atoms with E-state index in [0.29, 0.717) is 58.7 Å². The van der Waals surface area contributed by atoms with Gasteiger partial charge in [-0.25, -0.2) is 14.2 Å². The summed E-state index contributed by atoms with van der Waals surface area (Å²) in [4.78, 5) is 46.9. The van der Waals surface area contributed by atoms with Gasteiger partial charge in [0.15, 0.2) is 6.04 Å². The molecule has 220 valence electrons. The number of amides is 2. The lowest BCUT2D eigenvalue weighted by Crippen LogP contribution is -2.45. The Hall–Kier alpha value is -4.97. The van der Waals surface area contributed by atoms with Crippen LogP contribution in [0.3, 0.4) is 0 Å². The molecule has 43 heavy (non-hydrogen) atoms. The number of carbonyl (C=O) groups excluding carboxylic acids is 3. The predicted molar refractivity (Wildman–Crippen MR) is 160 cm³/mol. The van der Waals surface area contributed by atoms with Crippen molar-refractivity contribution < 1.29 is 23.9 Å². The monoisotopic (exact) mass is 598 g/mol. The molecule has 12 heteroatoms. The van der Waals surface area contributed by atoms with E-state index in [4.69, 9.17) is 9.47 Å². The van der Waals surface area contributed by atoms with Gasteiger partial charge >= 0.3 is 5.97 Å². The summed E-state index contributed by atoms with van der Waals surface area (Å²) in [6, 6.07) is 14.6. The molecule has 1 aliphatic rings. The van der Waals surface area contributed by atoms with Crippen LogP contribution < -0.4 is 15.0 Å². The fraction of sp³-hybridized carbons (Fsp3) is 0.258. The molecule has 4 heterocycles. The molecule has 11 nitrogen and oxygen atoms in total. The van der Waals surface area contributed by atoms with E-state index >= 15 is 0 Å². The second kappa shape index (κ2) is 12.5. The molecule has 6 rings (SSSR count). The van der Waals surface area contributed by atoms with Crippen molar-refractivity contribution in [1.29, 1.82) is 0 Å². The minimum atomic E-state index is -1.12. The first-order valence-corrected chi connectivity index (χ1v) is 14.7. The van der Waals surface area contributed by atoms with E-state index in [9.17, 15) is 14.4 Å². The maximum absolute atomic E-state index is 14.2. The molecule has 2 amide bonds. The highest BCUT2D eigenvalue weighted by Crippen LogP contribution is 2.35. The zero-order valence-corrected chi connectivity index (χ0v) is 24.3. The second-order valence-electron chi connectivity index (χ2n) is 10.2. The Morgan fingerprint density at radius 2 is 1.93 bits per heavy atom. The normalized spacial score (nSPS) is 13.4. The minimum absolute atomic E-state index is 0.296. The van der Waals surface area contributed by atoms with Gasteiger partial charge in [-0.2, -0.15) is 0 Å². The fourth-order valence-electron chi connectivity index (χ4n) is 4.93. The van der Waals surface area contributed by atoms with Gasteiger partial charge < -0.3 is 23.8 Å². The summed E-state index contributed by atoms with van der Waals surface area (Å²) in [7, 11) is 1.31. The summed E-state index contributed by atoms with van der Waals surface area (Å²) in [5, 5.41) is 3.06. The molecule has 1 fully saturated rings. The highest BCUT2D eigenvalue weighted by Gasteiger charge is 2.37. The van der Waals surface area contributed by atoms with Gasteiger partial charge in [0.25, 0.3) is 5.91 Å². The second-order valence-corrected chi connectivity index (χ2v) is 11.0. The molecule has 4 aromatic heterocycles. The number of benzene rings is 1. The molecule has 1 unspecified atom stereocenters. The number of pyridine rings is 1. The summed E-state index contributed by atoms with van der Waals surface area (Å²) in [6.07, 6.45) is 10.7. The van der Waals surface area contributed by atoms with Crippen LogP contribution in [0.1, 0.15) is 44.6 Å². The lowest BCUT2D eigenvalue weighted by Gasteiger charge is -2.31. The van der Waals surface area contributed by atoms with Gasteiger partial charge in [-0.15, -0.1) is 0 Å². The molecule has 1 saturated carbocycles. The Kier molecular flexibility index (Phi) is 8.18. The predicted octanol–water partition coefficient (Wildman–Crippen LogP) is 4.37. The number of anilines is 1. The van der Waals surface area contributed by atoms with Crippen molar-refractivity contribution >= 4 is 40.5 Å². The third kappa shape index (κ3) is 6.14. The zero-order chi connectivity index (χ0) is 29.8. The van der Waals surface area contributed by atoms with Crippen LogP contribution in [-0.2, 0) is 16.1 Å². The van der Waals surface area contributed by atoms with E-state index in [-0.39, 0.29) is 5.91 Å². The summed E-state index contributed by atoms with van der Waals surface area (Å²) in [5.74, 6) is -0.253. The number of carbonyl (C=O) groups is 3. The van der Waals surface area contributed by atoms with Crippen LogP contribution in [0.2, 0.25) is 0 Å². The first kappa shape index (κ1) is 28.2. The third-order valence-corrected chi connectivity index (χ3v) is 8.05. The fourth-order valence-corrected chi connectivity index (χ4v) is 5.46. The van der Waals surface area contributed by atoms with Crippen molar-refractivity contribution in [2.45, 2.75) is 25.4 Å². The van der Waals surface area contributed by atoms with E-state index in [0.717, 1.165) is 24.4 Å². The highest BCUT2D eigenvalue weighted by atomic mass is 32.1. The molecule has 0 radical (unpaired) electrons. The number of methoxy groups -OCH3 is 1. The quantitative estimate of drug-likeness (QED) is 0.212. The Morgan fingerprint density at radius 1 is 1.09 bits per heavy atom. The smallest absolute Gasteiger partial charge is 0.340 e. The van der Waals surface area contributed by atoms with Crippen molar-refractivity contribution in [1.82, 2.24) is 23.6 Å². The van der Waals surface area contributed by atoms with Gasteiger partial charge in [0.1, 0.15) is 17.2 Å². The van der Waals surface area contributed by atoms with E-state index in [1.165, 1.54) is 12.0 Å². The number of esters is 1. The van der Waals surface area contributed by atoms with Crippen LogP contribution in [0.5, 0.6) is 5.75 Å². The zero-order valence-electron chi connectivity index (χ0n) is 23.5. The third-order valence-electron chi connectivity index (χ3n) is 7.32. The SMILES string of the molecule is COC(=O)c1cc(C(C(=O)NCC2CC2)N(C(=O)c2ccns2)c2ccc(OCCn3ccnc3)cc2)n2ccccc12. The summed E-state index contributed by atoms with van der Waals surface area (Å²) in [6.45, 7) is 1.57. The van der Waals surface area contributed by atoms with Crippen LogP contribution >= 0.6 is 11.5 Å². The largest absolute Gasteiger partial charge is 0.492 e.